The molecule has 0 aromatic carbocycles. The highest BCUT2D eigenvalue weighted by Gasteiger charge is 2.79. The first kappa shape index (κ1) is 35.6. The van der Waals surface area contributed by atoms with E-state index in [-0.39, 0.29) is 0 Å². The van der Waals surface area contributed by atoms with E-state index in [1.165, 1.54) is 0 Å². The number of aliphatic hydroxyl groups excluding tert-OH is 1. The topological polar surface area (TPSA) is 235 Å². The molecule has 252 valence electrons. The summed E-state index contributed by atoms with van der Waals surface area (Å²) >= 11 is 0. The molecule has 3 fully saturated rings. The van der Waals surface area contributed by atoms with E-state index in [2.05, 4.69) is 0 Å². The van der Waals surface area contributed by atoms with Crippen molar-refractivity contribution in [3.63, 3.8) is 0 Å². The number of aliphatic hydroxyl groups is 1. The number of esters is 7. The van der Waals surface area contributed by atoms with Crippen LogP contribution in [0.25, 0.3) is 0 Å². The van der Waals surface area contributed by atoms with Crippen molar-refractivity contribution >= 4 is 41.8 Å². The van der Waals surface area contributed by atoms with Gasteiger partial charge in [0, 0.05) is 48.5 Å². The maximum Gasteiger partial charge on any atom is 0.303 e. The summed E-state index contributed by atoms with van der Waals surface area (Å²) in [7, 11) is 0. The average Bonchev–Trinajstić information content (AvgIpc) is 3.66. The van der Waals surface area contributed by atoms with Crippen LogP contribution in [-0.4, -0.2) is 127 Å². The zero-order chi connectivity index (χ0) is 33.8. The number of rotatable bonds is 11. The van der Waals surface area contributed by atoms with E-state index in [4.69, 9.17) is 47.4 Å². The molecule has 11 atom stereocenters. The van der Waals surface area contributed by atoms with Crippen molar-refractivity contribution in [2.45, 2.75) is 115 Å². The van der Waals surface area contributed by atoms with Gasteiger partial charge in [-0.05, 0) is 0 Å². The minimum atomic E-state index is -2.00. The summed E-state index contributed by atoms with van der Waals surface area (Å²) in [6.45, 7) is 6.19. The Hall–Kier alpha value is -3.87. The smallest absolute Gasteiger partial charge is 0.303 e. The van der Waals surface area contributed by atoms with Crippen molar-refractivity contribution in [3.8, 4) is 0 Å². The fourth-order valence-electron chi connectivity index (χ4n) is 5.47. The van der Waals surface area contributed by atoms with Crippen LogP contribution in [0.4, 0.5) is 0 Å². The average molecular weight is 649 g/mol. The summed E-state index contributed by atoms with van der Waals surface area (Å²) in [6, 6.07) is 0. The second-order valence-electron chi connectivity index (χ2n) is 10.5. The molecular weight excluding hydrogens is 612 g/mol. The molecule has 18 heteroatoms. The Bertz CT molecular complexity index is 1180. The van der Waals surface area contributed by atoms with Crippen LogP contribution in [0.5, 0.6) is 0 Å². The van der Waals surface area contributed by atoms with Gasteiger partial charge in [-0.3, -0.25) is 33.6 Å². The Kier molecular flexibility index (Phi) is 11.5. The summed E-state index contributed by atoms with van der Waals surface area (Å²) in [4.78, 5) is 84.9. The summed E-state index contributed by atoms with van der Waals surface area (Å²) < 4.78 is 55.2. The maximum atomic E-state index is 12.6. The van der Waals surface area contributed by atoms with E-state index < -0.39 is 122 Å². The zero-order valence-electron chi connectivity index (χ0n) is 25.6. The number of hydrogen-bond donors (Lipinski definition) is 1. The predicted molar refractivity (Wildman–Crippen MR) is 138 cm³/mol. The SMILES string of the molecule is CC(=O)OC[C@H]1O[C@@H]([C@H](OC(C)=O)[C@]23O[C@H]2[C@H](O)O[C@H](COC(C)=O)[C@@H]3OC(C)=O)[C@H](OC(C)=O)[C@@H](OC(C)=O)[C@@H]1OC(C)=O. The number of hydrogen-bond acceptors (Lipinski definition) is 18. The van der Waals surface area contributed by atoms with E-state index >= 15 is 0 Å². The lowest BCUT2D eigenvalue weighted by Crippen LogP contribution is -2.70. The molecule has 0 saturated carbocycles. The molecule has 0 spiro atoms. The highest BCUT2D eigenvalue weighted by atomic mass is 16.7. The molecule has 0 amide bonds. The molecule has 0 unspecified atom stereocenters. The number of epoxide rings is 1. The largest absolute Gasteiger partial charge is 0.463 e. The van der Waals surface area contributed by atoms with Gasteiger partial charge in [-0.2, -0.15) is 0 Å². The van der Waals surface area contributed by atoms with E-state index in [9.17, 15) is 38.7 Å². The number of fused-ring (bicyclic) bond motifs is 1. The minimum Gasteiger partial charge on any atom is -0.463 e. The molecule has 3 aliphatic rings. The van der Waals surface area contributed by atoms with Gasteiger partial charge in [0.25, 0.3) is 0 Å². The van der Waals surface area contributed by atoms with Crippen molar-refractivity contribution < 1.29 is 86.0 Å². The minimum absolute atomic E-state index is 0.548. The summed E-state index contributed by atoms with van der Waals surface area (Å²) in [6.07, 6.45) is -15.8. The number of ether oxygens (including phenoxy) is 10. The molecule has 18 nitrogen and oxygen atoms in total. The highest BCUT2D eigenvalue weighted by Crippen LogP contribution is 2.54. The molecular formula is C27H36O18. The summed E-state index contributed by atoms with van der Waals surface area (Å²) in [5.74, 6) is -6.04. The molecule has 3 saturated heterocycles. The van der Waals surface area contributed by atoms with Crippen LogP contribution >= 0.6 is 0 Å². The van der Waals surface area contributed by atoms with Crippen molar-refractivity contribution in [3.05, 3.63) is 0 Å². The van der Waals surface area contributed by atoms with Gasteiger partial charge in [0.1, 0.15) is 37.6 Å². The predicted octanol–water partition coefficient (Wildman–Crippen LogP) is -1.61. The van der Waals surface area contributed by atoms with Crippen molar-refractivity contribution in [1.82, 2.24) is 0 Å². The Balaban J connectivity index is 2.22. The van der Waals surface area contributed by atoms with Crippen LogP contribution in [0.15, 0.2) is 0 Å². The third kappa shape index (κ3) is 8.44. The lowest BCUT2D eigenvalue weighted by Gasteiger charge is -2.48. The standard InChI is InChI=1S/C27H36O18/c1-10(28)36-8-17-19(38-12(3)30)20(39-13(4)31)21(40-14(5)32)22(43-17)24(42-16(7)34)27-23(41-15(6)33)18(9-37-11(2)29)44-26(35)25(27)45-27/h17-26,35H,8-9H2,1-7H3/t17-,18-,19-,20+,21-,22-,23+,24+,25+,26-,27+/m1/s1. The van der Waals surface area contributed by atoms with Gasteiger partial charge in [-0.1, -0.05) is 0 Å². The van der Waals surface area contributed by atoms with Crippen LogP contribution in [-0.2, 0) is 80.9 Å². The third-order valence-corrected chi connectivity index (χ3v) is 6.88. The van der Waals surface area contributed by atoms with E-state index in [0.717, 1.165) is 48.5 Å². The molecule has 3 aliphatic heterocycles. The van der Waals surface area contributed by atoms with Gasteiger partial charge >= 0.3 is 41.8 Å². The molecule has 0 aromatic heterocycles. The Labute approximate surface area is 256 Å². The molecule has 0 bridgehead atoms. The van der Waals surface area contributed by atoms with Crippen molar-refractivity contribution in [2.75, 3.05) is 13.2 Å². The normalized spacial score (nSPS) is 34.1. The third-order valence-electron chi connectivity index (χ3n) is 6.88. The van der Waals surface area contributed by atoms with Gasteiger partial charge < -0.3 is 52.5 Å². The van der Waals surface area contributed by atoms with Crippen LogP contribution in [0, 0.1) is 0 Å². The fourth-order valence-corrected chi connectivity index (χ4v) is 5.47. The van der Waals surface area contributed by atoms with E-state index in [1.807, 2.05) is 0 Å². The van der Waals surface area contributed by atoms with Gasteiger partial charge in [0.15, 0.2) is 42.4 Å². The van der Waals surface area contributed by atoms with Crippen molar-refractivity contribution in [2.24, 2.45) is 0 Å². The van der Waals surface area contributed by atoms with Gasteiger partial charge in [-0.25, -0.2) is 0 Å². The summed E-state index contributed by atoms with van der Waals surface area (Å²) in [5, 5.41) is 10.8. The van der Waals surface area contributed by atoms with Gasteiger partial charge in [0.05, 0.1) is 0 Å². The zero-order valence-corrected chi connectivity index (χ0v) is 25.6. The molecule has 3 heterocycles. The summed E-state index contributed by atoms with van der Waals surface area (Å²) in [5.41, 5.74) is -2.00. The highest BCUT2D eigenvalue weighted by molar-refractivity contribution is 5.70. The quantitative estimate of drug-likeness (QED) is 0.151. The Morgan fingerprint density at radius 2 is 1.11 bits per heavy atom. The lowest BCUT2D eigenvalue weighted by atomic mass is 9.79. The second-order valence-corrected chi connectivity index (χ2v) is 10.5. The first-order valence-corrected chi connectivity index (χ1v) is 13.8. The van der Waals surface area contributed by atoms with E-state index in [1.54, 1.807) is 0 Å². The second kappa shape index (κ2) is 14.5. The van der Waals surface area contributed by atoms with Crippen LogP contribution in [0.3, 0.4) is 0 Å². The van der Waals surface area contributed by atoms with Gasteiger partial charge in [0.2, 0.25) is 0 Å². The van der Waals surface area contributed by atoms with Crippen LogP contribution in [0.2, 0.25) is 0 Å². The van der Waals surface area contributed by atoms with Crippen LogP contribution < -0.4 is 0 Å². The number of carbonyl (C=O) groups excluding carboxylic acids is 7. The molecule has 3 rings (SSSR count). The van der Waals surface area contributed by atoms with E-state index in [0.29, 0.717) is 0 Å². The molecule has 0 aliphatic carbocycles. The first-order chi connectivity index (χ1) is 21.0. The van der Waals surface area contributed by atoms with Crippen molar-refractivity contribution in [1.29, 1.82) is 0 Å². The molecule has 45 heavy (non-hydrogen) atoms. The molecule has 0 aromatic rings. The lowest BCUT2D eigenvalue weighted by molar-refractivity contribution is -0.281. The van der Waals surface area contributed by atoms with Gasteiger partial charge in [-0.15, -0.1) is 0 Å². The Morgan fingerprint density at radius 1 is 0.622 bits per heavy atom. The van der Waals surface area contributed by atoms with Crippen LogP contribution in [0.1, 0.15) is 48.5 Å². The Morgan fingerprint density at radius 3 is 1.60 bits per heavy atom. The number of carbonyl (C=O) groups is 7. The monoisotopic (exact) mass is 648 g/mol. The molecule has 0 radical (unpaired) electrons. The first-order valence-electron chi connectivity index (χ1n) is 13.8. The molecule has 1 N–H and O–H groups in total. The fraction of sp³-hybridized carbons (Fsp3) is 0.741. The maximum absolute atomic E-state index is 12.6.